The number of carbonyl (C=O) groups excluding carboxylic acids is 1. The normalized spacial score (nSPS) is 14.1. The zero-order chi connectivity index (χ0) is 23.5. The summed E-state index contributed by atoms with van der Waals surface area (Å²) in [5.41, 5.74) is 5.01. The van der Waals surface area contributed by atoms with E-state index >= 15 is 0 Å². The van der Waals surface area contributed by atoms with Crippen molar-refractivity contribution in [3.63, 3.8) is 0 Å². The van der Waals surface area contributed by atoms with Crippen molar-refractivity contribution >= 4 is 34.5 Å². The minimum absolute atomic E-state index is 0.136. The lowest BCUT2D eigenvalue weighted by molar-refractivity contribution is -0.136. The number of carbonyl (C=O) groups is 2. The van der Waals surface area contributed by atoms with Crippen LogP contribution < -0.4 is 10.6 Å². The quantitative estimate of drug-likeness (QED) is 0.468. The van der Waals surface area contributed by atoms with Gasteiger partial charge in [0, 0.05) is 17.8 Å². The number of amides is 1. The summed E-state index contributed by atoms with van der Waals surface area (Å²) >= 11 is 0. The Balaban J connectivity index is 1.85. The SMILES string of the molecule is CN(C)Cc1cccc(N/C(=C2\C(=O)Nc3cc(F)ccc32)c2cccc(CC(=O)O)c2)c1. The Morgan fingerprint density at radius 3 is 2.55 bits per heavy atom. The Kier molecular flexibility index (Phi) is 6.24. The first kappa shape index (κ1) is 22.2. The summed E-state index contributed by atoms with van der Waals surface area (Å²) in [5.74, 6) is -1.74. The summed E-state index contributed by atoms with van der Waals surface area (Å²) in [6, 6.07) is 19.1. The molecule has 0 aliphatic carbocycles. The number of carboxylic acids is 1. The number of aliphatic carboxylic acids is 1. The smallest absolute Gasteiger partial charge is 0.307 e. The molecule has 6 nitrogen and oxygen atoms in total. The number of halogens is 1. The fraction of sp³-hybridized carbons (Fsp3) is 0.154. The Labute approximate surface area is 191 Å². The molecule has 3 aromatic rings. The van der Waals surface area contributed by atoms with Crippen LogP contribution in [0.2, 0.25) is 0 Å². The number of fused-ring (bicyclic) bond motifs is 1. The molecule has 7 heteroatoms. The van der Waals surface area contributed by atoms with Gasteiger partial charge < -0.3 is 20.6 Å². The van der Waals surface area contributed by atoms with E-state index in [9.17, 15) is 19.1 Å². The third kappa shape index (κ3) is 5.10. The molecule has 168 valence electrons. The second-order valence-electron chi connectivity index (χ2n) is 8.23. The highest BCUT2D eigenvalue weighted by molar-refractivity contribution is 6.37. The van der Waals surface area contributed by atoms with Crippen molar-refractivity contribution in [2.24, 2.45) is 0 Å². The van der Waals surface area contributed by atoms with Gasteiger partial charge in [-0.25, -0.2) is 4.39 Å². The molecule has 0 bridgehead atoms. The zero-order valence-corrected chi connectivity index (χ0v) is 18.4. The third-order valence-electron chi connectivity index (χ3n) is 5.24. The lowest BCUT2D eigenvalue weighted by atomic mass is 9.98. The standard InChI is InChI=1S/C26H24FN3O3/c1-30(2)15-17-6-4-8-20(12-17)28-25(18-7-3-5-16(11-18)13-23(31)32)24-21-10-9-19(27)14-22(21)29-26(24)33/h3-12,14,28H,13,15H2,1-2H3,(H,29,33)(H,31,32)/b25-24-. The second-order valence-corrected chi connectivity index (χ2v) is 8.23. The van der Waals surface area contributed by atoms with Crippen molar-refractivity contribution in [3.05, 3.63) is 94.8 Å². The summed E-state index contributed by atoms with van der Waals surface area (Å²) in [6.07, 6.45) is -0.136. The molecule has 0 fully saturated rings. The van der Waals surface area contributed by atoms with Crippen LogP contribution in [0.1, 0.15) is 22.3 Å². The maximum Gasteiger partial charge on any atom is 0.307 e. The first-order valence-corrected chi connectivity index (χ1v) is 10.5. The van der Waals surface area contributed by atoms with Gasteiger partial charge in [-0.1, -0.05) is 30.3 Å². The summed E-state index contributed by atoms with van der Waals surface area (Å²) in [7, 11) is 3.97. The molecule has 0 saturated heterocycles. The van der Waals surface area contributed by atoms with Crippen LogP contribution in [-0.4, -0.2) is 36.0 Å². The number of anilines is 2. The highest BCUT2D eigenvalue weighted by atomic mass is 19.1. The maximum absolute atomic E-state index is 13.8. The van der Waals surface area contributed by atoms with Crippen LogP contribution in [0.3, 0.4) is 0 Å². The fourth-order valence-electron chi connectivity index (χ4n) is 3.94. The summed E-state index contributed by atoms with van der Waals surface area (Å²) in [6.45, 7) is 0.748. The fourth-order valence-corrected chi connectivity index (χ4v) is 3.94. The van der Waals surface area contributed by atoms with E-state index in [4.69, 9.17) is 0 Å². The van der Waals surface area contributed by atoms with E-state index in [1.165, 1.54) is 12.1 Å². The zero-order valence-electron chi connectivity index (χ0n) is 18.4. The average Bonchev–Trinajstić information content (AvgIpc) is 3.06. The molecule has 1 heterocycles. The Bertz CT molecular complexity index is 1270. The summed E-state index contributed by atoms with van der Waals surface area (Å²) in [4.78, 5) is 26.3. The van der Waals surface area contributed by atoms with Gasteiger partial charge in [0.25, 0.3) is 5.91 Å². The van der Waals surface area contributed by atoms with Crippen LogP contribution in [0.4, 0.5) is 15.8 Å². The van der Waals surface area contributed by atoms with Gasteiger partial charge in [0.2, 0.25) is 0 Å². The second kappa shape index (κ2) is 9.26. The minimum Gasteiger partial charge on any atom is -0.481 e. The molecule has 1 aliphatic heterocycles. The van der Waals surface area contributed by atoms with Gasteiger partial charge in [0.1, 0.15) is 5.82 Å². The van der Waals surface area contributed by atoms with Gasteiger partial charge >= 0.3 is 5.97 Å². The van der Waals surface area contributed by atoms with Gasteiger partial charge in [0.05, 0.1) is 23.4 Å². The number of carboxylic acid groups (broad SMARTS) is 1. The van der Waals surface area contributed by atoms with E-state index in [0.717, 1.165) is 17.8 Å². The van der Waals surface area contributed by atoms with E-state index in [-0.39, 0.29) is 12.3 Å². The van der Waals surface area contributed by atoms with Crippen LogP contribution >= 0.6 is 0 Å². The highest BCUT2D eigenvalue weighted by Gasteiger charge is 2.29. The van der Waals surface area contributed by atoms with E-state index < -0.39 is 11.8 Å². The number of nitrogens with one attached hydrogen (secondary N) is 2. The lowest BCUT2D eigenvalue weighted by Gasteiger charge is -2.17. The highest BCUT2D eigenvalue weighted by Crippen LogP contribution is 2.38. The van der Waals surface area contributed by atoms with Crippen molar-refractivity contribution in [1.29, 1.82) is 0 Å². The van der Waals surface area contributed by atoms with Gasteiger partial charge in [-0.3, -0.25) is 9.59 Å². The van der Waals surface area contributed by atoms with Crippen molar-refractivity contribution in [3.8, 4) is 0 Å². The summed E-state index contributed by atoms with van der Waals surface area (Å²) in [5, 5.41) is 15.3. The minimum atomic E-state index is -0.940. The molecule has 0 spiro atoms. The first-order chi connectivity index (χ1) is 15.8. The molecule has 4 rings (SSSR count). The number of hydrogen-bond donors (Lipinski definition) is 3. The van der Waals surface area contributed by atoms with E-state index in [0.29, 0.717) is 33.6 Å². The van der Waals surface area contributed by atoms with Crippen molar-refractivity contribution in [2.45, 2.75) is 13.0 Å². The van der Waals surface area contributed by atoms with Crippen molar-refractivity contribution < 1.29 is 19.1 Å². The van der Waals surface area contributed by atoms with E-state index in [2.05, 4.69) is 15.5 Å². The van der Waals surface area contributed by atoms with E-state index in [1.54, 1.807) is 24.3 Å². The lowest BCUT2D eigenvalue weighted by Crippen LogP contribution is -2.12. The third-order valence-corrected chi connectivity index (χ3v) is 5.24. The number of hydrogen-bond acceptors (Lipinski definition) is 4. The predicted octanol–water partition coefficient (Wildman–Crippen LogP) is 4.45. The van der Waals surface area contributed by atoms with Gasteiger partial charge in [-0.2, -0.15) is 0 Å². The number of benzene rings is 3. The van der Waals surface area contributed by atoms with Crippen LogP contribution in [0, 0.1) is 5.82 Å². The molecular weight excluding hydrogens is 421 g/mol. The van der Waals surface area contributed by atoms with Crippen LogP contribution in [0.5, 0.6) is 0 Å². The molecule has 1 aliphatic rings. The molecule has 3 aromatic carbocycles. The molecular formula is C26H24FN3O3. The van der Waals surface area contributed by atoms with Crippen LogP contribution in [-0.2, 0) is 22.6 Å². The molecule has 0 aromatic heterocycles. The monoisotopic (exact) mass is 445 g/mol. The molecule has 0 radical (unpaired) electrons. The molecule has 0 saturated carbocycles. The molecule has 0 atom stereocenters. The Morgan fingerprint density at radius 2 is 1.79 bits per heavy atom. The van der Waals surface area contributed by atoms with Crippen molar-refractivity contribution in [1.82, 2.24) is 4.90 Å². The predicted molar refractivity (Wildman–Crippen MR) is 127 cm³/mol. The Hall–Kier alpha value is -3.97. The molecule has 0 unspecified atom stereocenters. The Morgan fingerprint density at radius 1 is 1.03 bits per heavy atom. The largest absolute Gasteiger partial charge is 0.481 e. The average molecular weight is 445 g/mol. The molecule has 3 N–H and O–H groups in total. The number of nitrogens with zero attached hydrogens (tertiary/aromatic N) is 1. The van der Waals surface area contributed by atoms with Crippen molar-refractivity contribution in [2.75, 3.05) is 24.7 Å². The van der Waals surface area contributed by atoms with Crippen LogP contribution in [0.15, 0.2) is 66.7 Å². The van der Waals surface area contributed by atoms with Gasteiger partial charge in [-0.15, -0.1) is 0 Å². The molecule has 1 amide bonds. The molecule has 33 heavy (non-hydrogen) atoms. The van der Waals surface area contributed by atoms with E-state index in [1.807, 2.05) is 44.4 Å². The topological polar surface area (TPSA) is 81.7 Å². The first-order valence-electron chi connectivity index (χ1n) is 10.5. The maximum atomic E-state index is 13.8. The summed E-state index contributed by atoms with van der Waals surface area (Å²) < 4.78 is 13.8. The van der Waals surface area contributed by atoms with Gasteiger partial charge in [-0.05, 0) is 67.2 Å². The van der Waals surface area contributed by atoms with Crippen LogP contribution in [0.25, 0.3) is 11.3 Å². The number of rotatable bonds is 7. The van der Waals surface area contributed by atoms with Gasteiger partial charge in [0.15, 0.2) is 0 Å².